The monoisotopic (exact) mass is 444 g/mol. The van der Waals surface area contributed by atoms with Crippen molar-refractivity contribution in [2.45, 2.75) is 35.8 Å². The van der Waals surface area contributed by atoms with Crippen LogP contribution in [0.4, 0.5) is 10.1 Å². The molecule has 8 heteroatoms. The molecule has 3 aromatic rings. The van der Waals surface area contributed by atoms with Crippen molar-refractivity contribution in [1.82, 2.24) is 4.98 Å². The molecule has 1 amide bonds. The van der Waals surface area contributed by atoms with Crippen LogP contribution in [0.1, 0.15) is 31.2 Å². The molecule has 0 radical (unpaired) electrons. The van der Waals surface area contributed by atoms with Gasteiger partial charge in [0.15, 0.2) is 4.34 Å². The van der Waals surface area contributed by atoms with Crippen LogP contribution in [0.25, 0.3) is 10.2 Å². The molecule has 0 bridgehead atoms. The van der Waals surface area contributed by atoms with E-state index in [0.29, 0.717) is 24.3 Å². The maximum Gasteiger partial charge on any atom is 0.307 e. The van der Waals surface area contributed by atoms with Crippen molar-refractivity contribution in [2.75, 3.05) is 5.32 Å². The van der Waals surface area contributed by atoms with Gasteiger partial charge in [-0.1, -0.05) is 36.7 Å². The Balaban J connectivity index is 1.44. The summed E-state index contributed by atoms with van der Waals surface area (Å²) in [7, 11) is 0. The molecular formula is C22H21FN2O3S2. The lowest BCUT2D eigenvalue weighted by molar-refractivity contribution is -0.147. The number of fused-ring (bicyclic) bond motifs is 1. The van der Waals surface area contributed by atoms with Crippen LogP contribution >= 0.6 is 23.1 Å². The summed E-state index contributed by atoms with van der Waals surface area (Å²) in [5.74, 6) is -1.86. The number of carboxylic acid groups (broad SMARTS) is 1. The third kappa shape index (κ3) is 4.82. The first-order valence-electron chi connectivity index (χ1n) is 9.81. The fraction of sp³-hybridized carbons (Fsp3) is 0.318. The van der Waals surface area contributed by atoms with E-state index in [9.17, 15) is 19.1 Å². The van der Waals surface area contributed by atoms with Gasteiger partial charge in [0, 0.05) is 11.4 Å². The van der Waals surface area contributed by atoms with Crippen molar-refractivity contribution < 1.29 is 19.1 Å². The lowest BCUT2D eigenvalue weighted by Crippen LogP contribution is -2.36. The zero-order valence-electron chi connectivity index (χ0n) is 16.1. The van der Waals surface area contributed by atoms with Gasteiger partial charge in [0.25, 0.3) is 0 Å². The number of aliphatic carboxylic acids is 1. The van der Waals surface area contributed by atoms with Crippen LogP contribution in [0.2, 0.25) is 0 Å². The Morgan fingerprint density at radius 3 is 2.73 bits per heavy atom. The zero-order chi connectivity index (χ0) is 21.1. The molecule has 0 saturated heterocycles. The van der Waals surface area contributed by atoms with E-state index in [0.717, 1.165) is 33.0 Å². The van der Waals surface area contributed by atoms with Gasteiger partial charge in [0.1, 0.15) is 5.82 Å². The van der Waals surface area contributed by atoms with Crippen LogP contribution in [0.15, 0.2) is 46.8 Å². The molecule has 1 saturated carbocycles. The van der Waals surface area contributed by atoms with E-state index in [1.54, 1.807) is 23.9 Å². The first-order chi connectivity index (χ1) is 14.5. The first-order valence-corrected chi connectivity index (χ1v) is 11.6. The fourth-order valence-corrected chi connectivity index (χ4v) is 5.84. The summed E-state index contributed by atoms with van der Waals surface area (Å²) in [5, 5.41) is 12.3. The predicted molar refractivity (Wildman–Crippen MR) is 117 cm³/mol. The van der Waals surface area contributed by atoms with Gasteiger partial charge in [-0.15, -0.1) is 11.3 Å². The number of thiazole rings is 1. The normalized spacial score (nSPS) is 19.0. The van der Waals surface area contributed by atoms with E-state index in [1.165, 1.54) is 23.5 Å². The van der Waals surface area contributed by atoms with Crippen molar-refractivity contribution in [3.8, 4) is 0 Å². The molecule has 1 aliphatic carbocycles. The summed E-state index contributed by atoms with van der Waals surface area (Å²) >= 11 is 3.06. The predicted octanol–water partition coefficient (Wildman–Crippen LogP) is 5.56. The van der Waals surface area contributed by atoms with Crippen molar-refractivity contribution in [2.24, 2.45) is 11.8 Å². The van der Waals surface area contributed by atoms with Crippen molar-refractivity contribution in [3.05, 3.63) is 53.8 Å². The quantitative estimate of drug-likeness (QED) is 0.487. The van der Waals surface area contributed by atoms with E-state index < -0.39 is 17.8 Å². The first kappa shape index (κ1) is 20.8. The summed E-state index contributed by atoms with van der Waals surface area (Å²) in [5.41, 5.74) is 2.38. The summed E-state index contributed by atoms with van der Waals surface area (Å²) in [6, 6.07) is 12.0. The molecule has 2 N–H and O–H groups in total. The van der Waals surface area contributed by atoms with Crippen LogP contribution in [-0.2, 0) is 15.3 Å². The minimum Gasteiger partial charge on any atom is -0.481 e. The van der Waals surface area contributed by atoms with Crippen LogP contribution in [0.5, 0.6) is 0 Å². The number of aromatic nitrogens is 1. The van der Waals surface area contributed by atoms with Crippen LogP contribution in [0.3, 0.4) is 0 Å². The lowest BCUT2D eigenvalue weighted by atomic mass is 9.78. The molecule has 156 valence electrons. The minimum atomic E-state index is -0.896. The average Bonchev–Trinajstić information content (AvgIpc) is 3.14. The molecule has 2 atom stereocenters. The minimum absolute atomic E-state index is 0.230. The standard InChI is InChI=1S/C22H21FN2O3S2/c23-14-5-3-4-13(10-14)12-29-22-25-18-9-8-15(11-19(18)30-22)24-20(26)16-6-1-2-7-17(16)21(27)28/h3-5,8-11,16-17H,1-2,6-7,12H2,(H,24,26)(H,27,28)/t16-,17+/m0/s1. The molecule has 0 spiro atoms. The zero-order valence-corrected chi connectivity index (χ0v) is 17.8. The van der Waals surface area contributed by atoms with Crippen molar-refractivity contribution >= 4 is 50.9 Å². The topological polar surface area (TPSA) is 79.3 Å². The molecule has 30 heavy (non-hydrogen) atoms. The molecule has 0 aliphatic heterocycles. The Morgan fingerprint density at radius 1 is 1.17 bits per heavy atom. The highest BCUT2D eigenvalue weighted by Crippen LogP contribution is 2.34. The molecular weight excluding hydrogens is 423 g/mol. The third-order valence-electron chi connectivity index (χ3n) is 5.31. The smallest absolute Gasteiger partial charge is 0.307 e. The van der Waals surface area contributed by atoms with Gasteiger partial charge in [-0.05, 0) is 48.7 Å². The van der Waals surface area contributed by atoms with Crippen LogP contribution in [0, 0.1) is 17.7 Å². The highest BCUT2D eigenvalue weighted by atomic mass is 32.2. The van der Waals surface area contributed by atoms with Gasteiger partial charge >= 0.3 is 5.97 Å². The molecule has 1 heterocycles. The van der Waals surface area contributed by atoms with E-state index in [-0.39, 0.29) is 11.7 Å². The Bertz CT molecular complexity index is 1090. The van der Waals surface area contributed by atoms with E-state index in [2.05, 4.69) is 10.3 Å². The maximum absolute atomic E-state index is 13.3. The number of nitrogens with zero attached hydrogens (tertiary/aromatic N) is 1. The third-order valence-corrected chi connectivity index (χ3v) is 7.54. The second-order valence-electron chi connectivity index (χ2n) is 7.41. The molecule has 1 fully saturated rings. The van der Waals surface area contributed by atoms with Crippen LogP contribution < -0.4 is 5.32 Å². The number of carboxylic acids is 1. The van der Waals surface area contributed by atoms with Gasteiger partial charge in [0.05, 0.1) is 22.1 Å². The molecule has 1 aromatic heterocycles. The molecule has 2 aromatic carbocycles. The van der Waals surface area contributed by atoms with E-state index in [1.807, 2.05) is 18.2 Å². The van der Waals surface area contributed by atoms with Crippen molar-refractivity contribution in [3.63, 3.8) is 0 Å². The highest BCUT2D eigenvalue weighted by Gasteiger charge is 2.35. The van der Waals surface area contributed by atoms with Gasteiger partial charge in [-0.2, -0.15) is 0 Å². The second kappa shape index (κ2) is 9.14. The van der Waals surface area contributed by atoms with Crippen molar-refractivity contribution in [1.29, 1.82) is 0 Å². The second-order valence-corrected chi connectivity index (χ2v) is 9.66. The van der Waals surface area contributed by atoms with Crippen LogP contribution in [-0.4, -0.2) is 22.0 Å². The number of anilines is 1. The lowest BCUT2D eigenvalue weighted by Gasteiger charge is -2.27. The molecule has 0 unspecified atom stereocenters. The maximum atomic E-state index is 13.3. The van der Waals surface area contributed by atoms with Gasteiger partial charge in [-0.3, -0.25) is 9.59 Å². The van der Waals surface area contributed by atoms with E-state index in [4.69, 9.17) is 0 Å². The van der Waals surface area contributed by atoms with E-state index >= 15 is 0 Å². The summed E-state index contributed by atoms with van der Waals surface area (Å²) in [4.78, 5) is 28.8. The number of rotatable bonds is 6. The van der Waals surface area contributed by atoms with Gasteiger partial charge in [-0.25, -0.2) is 9.37 Å². The molecule has 5 nitrogen and oxygen atoms in total. The van der Waals surface area contributed by atoms with Gasteiger partial charge in [0.2, 0.25) is 5.91 Å². The number of nitrogens with one attached hydrogen (secondary N) is 1. The summed E-state index contributed by atoms with van der Waals surface area (Å²) in [6.07, 6.45) is 2.88. The number of amides is 1. The Kier molecular flexibility index (Phi) is 6.34. The SMILES string of the molecule is O=C(Nc1ccc2nc(SCc3cccc(F)c3)sc2c1)[C@H]1CCCC[C@H]1C(=O)O. The number of thioether (sulfide) groups is 1. The fourth-order valence-electron chi connectivity index (χ4n) is 3.79. The number of carbonyl (C=O) groups is 2. The van der Waals surface area contributed by atoms with Gasteiger partial charge < -0.3 is 10.4 Å². The molecule has 1 aliphatic rings. The number of hydrogen-bond donors (Lipinski definition) is 2. The Labute approximate surface area is 181 Å². The number of carbonyl (C=O) groups excluding carboxylic acids is 1. The Hall–Kier alpha value is -2.45. The number of hydrogen-bond acceptors (Lipinski definition) is 5. The number of halogens is 1. The summed E-state index contributed by atoms with van der Waals surface area (Å²) < 4.78 is 15.1. The summed E-state index contributed by atoms with van der Waals surface area (Å²) in [6.45, 7) is 0. The molecule has 4 rings (SSSR count). The average molecular weight is 445 g/mol. The number of benzene rings is 2. The highest BCUT2D eigenvalue weighted by molar-refractivity contribution is 8.00. The largest absolute Gasteiger partial charge is 0.481 e. The Morgan fingerprint density at radius 2 is 1.97 bits per heavy atom.